The number of anilines is 1. The molecule has 0 aliphatic rings. The second-order valence-corrected chi connectivity index (χ2v) is 5.97. The lowest BCUT2D eigenvalue weighted by molar-refractivity contribution is 0.598. The Labute approximate surface area is 118 Å². The van der Waals surface area contributed by atoms with E-state index in [1.54, 1.807) is 12.1 Å². The summed E-state index contributed by atoms with van der Waals surface area (Å²) in [7, 11) is -3.66. The van der Waals surface area contributed by atoms with Crippen molar-refractivity contribution in [2.75, 3.05) is 11.9 Å². The topological polar surface area (TPSA) is 98.2 Å². The van der Waals surface area contributed by atoms with Crippen LogP contribution in [0.2, 0.25) is 0 Å². The average molecular weight is 291 g/mol. The highest BCUT2D eigenvalue weighted by Crippen LogP contribution is 2.20. The molecular weight excluding hydrogens is 274 g/mol. The Hall–Kier alpha value is -1.89. The molecule has 1 atom stereocenters. The third kappa shape index (κ3) is 3.57. The van der Waals surface area contributed by atoms with Crippen LogP contribution in [-0.4, -0.2) is 15.0 Å². The molecule has 0 aromatic heterocycles. The number of rotatable bonds is 5. The molecule has 0 fully saturated rings. The van der Waals surface area contributed by atoms with Crippen LogP contribution in [0.15, 0.2) is 59.5 Å². The number of hydrogen-bond donors (Lipinski definition) is 3. The second kappa shape index (κ2) is 6.04. The van der Waals surface area contributed by atoms with E-state index in [-0.39, 0.29) is 10.9 Å². The molecule has 5 nitrogen and oxygen atoms in total. The molecule has 0 spiro atoms. The van der Waals surface area contributed by atoms with Crippen molar-refractivity contribution < 1.29 is 8.42 Å². The van der Waals surface area contributed by atoms with E-state index in [9.17, 15) is 8.42 Å². The molecule has 0 heterocycles. The zero-order chi connectivity index (χ0) is 14.6. The van der Waals surface area contributed by atoms with Crippen molar-refractivity contribution >= 4 is 15.7 Å². The van der Waals surface area contributed by atoms with Crippen molar-refractivity contribution in [3.63, 3.8) is 0 Å². The summed E-state index contributed by atoms with van der Waals surface area (Å²) in [5.41, 5.74) is 7.64. The van der Waals surface area contributed by atoms with Crippen LogP contribution in [0.1, 0.15) is 11.6 Å². The number of sulfonamides is 1. The number of hydrogen-bond acceptors (Lipinski definition) is 4. The largest absolute Gasteiger partial charge is 0.377 e. The van der Waals surface area contributed by atoms with Gasteiger partial charge in [0, 0.05) is 12.2 Å². The van der Waals surface area contributed by atoms with Gasteiger partial charge in [0.15, 0.2) is 0 Å². The molecule has 1 unspecified atom stereocenters. The maximum Gasteiger partial charge on any atom is 0.238 e. The predicted molar refractivity (Wildman–Crippen MR) is 79.7 cm³/mol. The summed E-state index contributed by atoms with van der Waals surface area (Å²) in [6.07, 6.45) is 0. The Balaban J connectivity index is 2.17. The van der Waals surface area contributed by atoms with E-state index in [2.05, 4.69) is 5.32 Å². The minimum absolute atomic E-state index is 0.0310. The SMILES string of the molecule is NCC(Nc1ccc(S(N)(=O)=O)cc1)c1ccccc1. The minimum Gasteiger partial charge on any atom is -0.377 e. The van der Waals surface area contributed by atoms with Crippen LogP contribution in [0, 0.1) is 0 Å². The van der Waals surface area contributed by atoms with E-state index in [0.717, 1.165) is 11.3 Å². The first-order valence-corrected chi connectivity index (χ1v) is 7.70. The average Bonchev–Trinajstić information content (AvgIpc) is 2.45. The van der Waals surface area contributed by atoms with E-state index in [1.165, 1.54) is 12.1 Å². The van der Waals surface area contributed by atoms with E-state index < -0.39 is 10.0 Å². The molecule has 0 aliphatic carbocycles. The van der Waals surface area contributed by atoms with E-state index in [0.29, 0.717) is 6.54 Å². The molecule has 20 heavy (non-hydrogen) atoms. The molecule has 0 bridgehead atoms. The van der Waals surface area contributed by atoms with Gasteiger partial charge in [-0.25, -0.2) is 13.6 Å². The zero-order valence-electron chi connectivity index (χ0n) is 10.9. The van der Waals surface area contributed by atoms with Crippen LogP contribution in [0.25, 0.3) is 0 Å². The normalized spacial score (nSPS) is 12.9. The fourth-order valence-corrected chi connectivity index (χ4v) is 2.42. The lowest BCUT2D eigenvalue weighted by Gasteiger charge is -2.18. The molecule has 0 saturated heterocycles. The van der Waals surface area contributed by atoms with Gasteiger partial charge in [-0.2, -0.15) is 0 Å². The highest BCUT2D eigenvalue weighted by atomic mass is 32.2. The molecule has 0 amide bonds. The molecule has 5 N–H and O–H groups in total. The summed E-state index contributed by atoms with van der Waals surface area (Å²) < 4.78 is 22.4. The van der Waals surface area contributed by atoms with Gasteiger partial charge < -0.3 is 11.1 Å². The maximum atomic E-state index is 11.2. The van der Waals surface area contributed by atoms with Gasteiger partial charge in [-0.15, -0.1) is 0 Å². The summed E-state index contributed by atoms with van der Waals surface area (Å²) in [6, 6.07) is 16.1. The van der Waals surface area contributed by atoms with Crippen molar-refractivity contribution in [3.8, 4) is 0 Å². The Bertz CT molecular complexity index is 655. The first kappa shape index (κ1) is 14.5. The molecular formula is C14H17N3O2S. The molecule has 2 aromatic rings. The minimum atomic E-state index is -3.66. The van der Waals surface area contributed by atoms with Crippen molar-refractivity contribution in [2.24, 2.45) is 10.9 Å². The zero-order valence-corrected chi connectivity index (χ0v) is 11.7. The van der Waals surface area contributed by atoms with Crippen LogP contribution in [0.5, 0.6) is 0 Å². The molecule has 2 aromatic carbocycles. The molecule has 0 radical (unpaired) electrons. The molecule has 0 saturated carbocycles. The summed E-state index contributed by atoms with van der Waals surface area (Å²) in [6.45, 7) is 0.432. The van der Waals surface area contributed by atoms with Gasteiger partial charge in [0.05, 0.1) is 10.9 Å². The van der Waals surface area contributed by atoms with Crippen molar-refractivity contribution in [1.29, 1.82) is 0 Å². The van der Waals surface area contributed by atoms with Crippen molar-refractivity contribution in [2.45, 2.75) is 10.9 Å². The standard InChI is InChI=1S/C14H17N3O2S/c15-10-14(11-4-2-1-3-5-11)17-12-6-8-13(9-7-12)20(16,18)19/h1-9,14,17H,10,15H2,(H2,16,18,19). The lowest BCUT2D eigenvalue weighted by atomic mass is 10.1. The third-order valence-corrected chi connectivity index (χ3v) is 3.89. The van der Waals surface area contributed by atoms with E-state index in [1.807, 2.05) is 30.3 Å². The summed E-state index contributed by atoms with van der Waals surface area (Å²) in [4.78, 5) is 0.0899. The first-order valence-electron chi connectivity index (χ1n) is 6.15. The lowest BCUT2D eigenvalue weighted by Crippen LogP contribution is -2.20. The highest BCUT2D eigenvalue weighted by molar-refractivity contribution is 7.89. The third-order valence-electron chi connectivity index (χ3n) is 2.96. The summed E-state index contributed by atoms with van der Waals surface area (Å²) >= 11 is 0. The number of nitrogens with one attached hydrogen (secondary N) is 1. The van der Waals surface area contributed by atoms with Crippen LogP contribution in [0.4, 0.5) is 5.69 Å². The first-order chi connectivity index (χ1) is 9.50. The highest BCUT2D eigenvalue weighted by Gasteiger charge is 2.10. The van der Waals surface area contributed by atoms with Gasteiger partial charge in [-0.05, 0) is 29.8 Å². The van der Waals surface area contributed by atoms with Gasteiger partial charge in [-0.3, -0.25) is 0 Å². The van der Waals surface area contributed by atoms with Crippen LogP contribution < -0.4 is 16.2 Å². The summed E-state index contributed by atoms with van der Waals surface area (Å²) in [5, 5.41) is 8.32. The Morgan fingerprint density at radius 3 is 2.10 bits per heavy atom. The maximum absolute atomic E-state index is 11.2. The molecule has 2 rings (SSSR count). The fourth-order valence-electron chi connectivity index (χ4n) is 1.91. The number of benzene rings is 2. The fraction of sp³-hybridized carbons (Fsp3) is 0.143. The van der Waals surface area contributed by atoms with Gasteiger partial charge in [-0.1, -0.05) is 30.3 Å². The van der Waals surface area contributed by atoms with Crippen LogP contribution in [0.3, 0.4) is 0 Å². The Kier molecular flexibility index (Phi) is 4.39. The van der Waals surface area contributed by atoms with Gasteiger partial charge >= 0.3 is 0 Å². The van der Waals surface area contributed by atoms with Crippen LogP contribution in [-0.2, 0) is 10.0 Å². The quantitative estimate of drug-likeness (QED) is 0.776. The van der Waals surface area contributed by atoms with E-state index in [4.69, 9.17) is 10.9 Å². The van der Waals surface area contributed by atoms with E-state index >= 15 is 0 Å². The van der Waals surface area contributed by atoms with Gasteiger partial charge in [0.1, 0.15) is 0 Å². The van der Waals surface area contributed by atoms with Crippen molar-refractivity contribution in [3.05, 3.63) is 60.2 Å². The Morgan fingerprint density at radius 1 is 1.00 bits per heavy atom. The Morgan fingerprint density at radius 2 is 1.60 bits per heavy atom. The molecule has 6 heteroatoms. The second-order valence-electron chi connectivity index (χ2n) is 4.41. The molecule has 0 aliphatic heterocycles. The predicted octanol–water partition coefficient (Wildman–Crippen LogP) is 1.45. The monoisotopic (exact) mass is 291 g/mol. The van der Waals surface area contributed by atoms with Crippen molar-refractivity contribution in [1.82, 2.24) is 0 Å². The summed E-state index contributed by atoms with van der Waals surface area (Å²) in [5.74, 6) is 0. The smallest absolute Gasteiger partial charge is 0.238 e. The van der Waals surface area contributed by atoms with Gasteiger partial charge in [0.25, 0.3) is 0 Å². The van der Waals surface area contributed by atoms with Gasteiger partial charge in [0.2, 0.25) is 10.0 Å². The molecule has 106 valence electrons. The number of primary sulfonamides is 1. The number of nitrogens with two attached hydrogens (primary N) is 2. The van der Waals surface area contributed by atoms with Crippen LogP contribution >= 0.6 is 0 Å².